The van der Waals surface area contributed by atoms with Crippen molar-refractivity contribution in [1.82, 2.24) is 15.2 Å². The summed E-state index contributed by atoms with van der Waals surface area (Å²) in [6, 6.07) is 10.6. The monoisotopic (exact) mass is 391 g/mol. The Hall–Kier alpha value is -2.11. The van der Waals surface area contributed by atoms with E-state index in [1.54, 1.807) is 4.90 Å². The van der Waals surface area contributed by atoms with Gasteiger partial charge in [0.25, 0.3) is 11.8 Å². The van der Waals surface area contributed by atoms with Crippen molar-refractivity contribution in [1.29, 1.82) is 0 Å². The van der Waals surface area contributed by atoms with Gasteiger partial charge in [-0.1, -0.05) is 41.4 Å². The molecule has 1 aromatic heterocycles. The van der Waals surface area contributed by atoms with Crippen LogP contribution in [0.25, 0.3) is 0 Å². The third kappa shape index (κ3) is 4.34. The number of piperidine rings is 1. The maximum absolute atomic E-state index is 12.6. The molecule has 1 aliphatic rings. The van der Waals surface area contributed by atoms with Crippen molar-refractivity contribution in [2.24, 2.45) is 0 Å². The number of likely N-dealkylation sites (tertiary alicyclic amines) is 1. The zero-order valence-corrected chi connectivity index (χ0v) is 15.8. The van der Waals surface area contributed by atoms with Gasteiger partial charge in [0.2, 0.25) is 0 Å². The molecule has 1 N–H and O–H groups in total. The van der Waals surface area contributed by atoms with Crippen LogP contribution in [0.5, 0.6) is 0 Å². The van der Waals surface area contributed by atoms with Gasteiger partial charge >= 0.3 is 0 Å². The molecule has 0 saturated carbocycles. The first-order valence-electron chi connectivity index (χ1n) is 8.43. The van der Waals surface area contributed by atoms with Crippen LogP contribution in [-0.4, -0.2) is 40.8 Å². The van der Waals surface area contributed by atoms with Gasteiger partial charge in [-0.2, -0.15) is 0 Å². The van der Waals surface area contributed by atoms with Gasteiger partial charge in [-0.15, -0.1) is 0 Å². The number of amides is 2. The Kier molecular flexibility index (Phi) is 5.79. The summed E-state index contributed by atoms with van der Waals surface area (Å²) >= 11 is 11.7. The quantitative estimate of drug-likeness (QED) is 0.810. The van der Waals surface area contributed by atoms with Gasteiger partial charge in [-0.25, -0.2) is 4.98 Å². The molecule has 1 fully saturated rings. The third-order valence-electron chi connectivity index (χ3n) is 4.52. The van der Waals surface area contributed by atoms with E-state index in [1.807, 2.05) is 31.2 Å². The van der Waals surface area contributed by atoms with E-state index in [1.165, 1.54) is 12.1 Å². The smallest absolute Gasteiger partial charge is 0.254 e. The highest BCUT2D eigenvalue weighted by Gasteiger charge is 2.25. The predicted molar refractivity (Wildman–Crippen MR) is 102 cm³/mol. The average Bonchev–Trinajstić information content (AvgIpc) is 2.61. The molecule has 2 aromatic rings. The lowest BCUT2D eigenvalue weighted by Gasteiger charge is -2.32. The van der Waals surface area contributed by atoms with Gasteiger partial charge < -0.3 is 10.2 Å². The van der Waals surface area contributed by atoms with Crippen LogP contribution in [0.4, 0.5) is 0 Å². The number of rotatable bonds is 3. The number of nitrogens with zero attached hydrogens (tertiary/aromatic N) is 2. The molecule has 7 heteroatoms. The van der Waals surface area contributed by atoms with Crippen LogP contribution in [0.15, 0.2) is 36.4 Å². The molecular weight excluding hydrogens is 373 g/mol. The fraction of sp³-hybridized carbons (Fsp3) is 0.316. The molecule has 0 unspecified atom stereocenters. The Balaban J connectivity index is 1.58. The SMILES string of the molecule is Cc1ccccc1C(=O)NC1CCN(C(=O)c2cc(Cl)nc(Cl)c2)CC1. The molecule has 26 heavy (non-hydrogen) atoms. The van der Waals surface area contributed by atoms with E-state index in [2.05, 4.69) is 10.3 Å². The van der Waals surface area contributed by atoms with E-state index in [0.717, 1.165) is 5.56 Å². The molecule has 5 nitrogen and oxygen atoms in total. The highest BCUT2D eigenvalue weighted by atomic mass is 35.5. The first kappa shape index (κ1) is 18.7. The lowest BCUT2D eigenvalue weighted by Crippen LogP contribution is -2.46. The molecule has 2 heterocycles. The van der Waals surface area contributed by atoms with Gasteiger partial charge in [-0.3, -0.25) is 9.59 Å². The first-order valence-corrected chi connectivity index (χ1v) is 9.18. The second-order valence-corrected chi connectivity index (χ2v) is 7.13. The number of carbonyl (C=O) groups excluding carboxylic acids is 2. The van der Waals surface area contributed by atoms with Crippen LogP contribution in [0.2, 0.25) is 10.3 Å². The van der Waals surface area contributed by atoms with Gasteiger partial charge in [-0.05, 0) is 43.5 Å². The van der Waals surface area contributed by atoms with Crippen molar-refractivity contribution in [2.75, 3.05) is 13.1 Å². The molecule has 0 radical (unpaired) electrons. The van der Waals surface area contributed by atoms with Gasteiger partial charge in [0.1, 0.15) is 10.3 Å². The minimum absolute atomic E-state index is 0.0516. The number of hydrogen-bond donors (Lipinski definition) is 1. The maximum atomic E-state index is 12.6. The lowest BCUT2D eigenvalue weighted by atomic mass is 10.0. The van der Waals surface area contributed by atoms with Gasteiger partial charge in [0, 0.05) is 30.3 Å². The normalized spacial score (nSPS) is 15.0. The van der Waals surface area contributed by atoms with Crippen molar-refractivity contribution in [3.05, 3.63) is 63.4 Å². The number of aromatic nitrogens is 1. The topological polar surface area (TPSA) is 62.3 Å². The molecule has 0 aliphatic carbocycles. The summed E-state index contributed by atoms with van der Waals surface area (Å²) in [7, 11) is 0. The molecule has 136 valence electrons. The standard InChI is InChI=1S/C19H19Cl2N3O2/c1-12-4-2-3-5-15(12)18(25)22-14-6-8-24(9-7-14)19(26)13-10-16(20)23-17(21)11-13/h2-5,10-11,14H,6-9H2,1H3,(H,22,25). The van der Waals surface area contributed by atoms with Gasteiger partial charge in [0.05, 0.1) is 0 Å². The van der Waals surface area contributed by atoms with Crippen LogP contribution in [0, 0.1) is 6.92 Å². The largest absolute Gasteiger partial charge is 0.349 e. The average molecular weight is 392 g/mol. The Bertz CT molecular complexity index is 813. The molecule has 1 saturated heterocycles. The zero-order chi connectivity index (χ0) is 18.7. The number of aryl methyl sites for hydroxylation is 1. The Labute approximate surface area is 162 Å². The van der Waals surface area contributed by atoms with Gasteiger partial charge in [0.15, 0.2) is 0 Å². The minimum atomic E-state index is -0.125. The highest BCUT2D eigenvalue weighted by molar-refractivity contribution is 6.33. The second kappa shape index (κ2) is 8.06. The Morgan fingerprint density at radius 2 is 1.73 bits per heavy atom. The summed E-state index contributed by atoms with van der Waals surface area (Å²) in [5.41, 5.74) is 2.06. The number of pyridine rings is 1. The second-order valence-electron chi connectivity index (χ2n) is 6.36. The summed E-state index contributed by atoms with van der Waals surface area (Å²) in [5, 5.41) is 3.46. The van der Waals surface area contributed by atoms with Crippen LogP contribution in [0.1, 0.15) is 39.1 Å². The van der Waals surface area contributed by atoms with Crippen LogP contribution in [0.3, 0.4) is 0 Å². The van der Waals surface area contributed by atoms with E-state index in [0.29, 0.717) is 37.1 Å². The third-order valence-corrected chi connectivity index (χ3v) is 4.90. The lowest BCUT2D eigenvalue weighted by molar-refractivity contribution is 0.0698. The van der Waals surface area contributed by atoms with Crippen molar-refractivity contribution < 1.29 is 9.59 Å². The number of halogens is 2. The molecule has 0 bridgehead atoms. The summed E-state index contributed by atoms with van der Waals surface area (Å²) < 4.78 is 0. The first-order chi connectivity index (χ1) is 12.4. The van der Waals surface area contributed by atoms with Crippen LogP contribution in [-0.2, 0) is 0 Å². The zero-order valence-electron chi connectivity index (χ0n) is 14.3. The van der Waals surface area contributed by atoms with Crippen molar-refractivity contribution >= 4 is 35.0 Å². The summed E-state index contributed by atoms with van der Waals surface area (Å²) in [5.74, 6) is -0.194. The summed E-state index contributed by atoms with van der Waals surface area (Å²) in [6.07, 6.45) is 1.41. The number of nitrogens with one attached hydrogen (secondary N) is 1. The Morgan fingerprint density at radius 1 is 1.12 bits per heavy atom. The van der Waals surface area contributed by atoms with E-state index < -0.39 is 0 Å². The fourth-order valence-corrected chi connectivity index (χ4v) is 3.55. The van der Waals surface area contributed by atoms with E-state index >= 15 is 0 Å². The minimum Gasteiger partial charge on any atom is -0.349 e. The molecule has 3 rings (SSSR count). The van der Waals surface area contributed by atoms with E-state index in [-0.39, 0.29) is 28.2 Å². The summed E-state index contributed by atoms with van der Waals surface area (Å²) in [4.78, 5) is 30.6. The molecular formula is C19H19Cl2N3O2. The van der Waals surface area contributed by atoms with Crippen LogP contribution < -0.4 is 5.32 Å². The van der Waals surface area contributed by atoms with E-state index in [4.69, 9.17) is 23.2 Å². The molecule has 0 spiro atoms. The van der Waals surface area contributed by atoms with Crippen molar-refractivity contribution in [3.8, 4) is 0 Å². The van der Waals surface area contributed by atoms with Crippen molar-refractivity contribution in [3.63, 3.8) is 0 Å². The number of benzene rings is 1. The molecule has 2 amide bonds. The predicted octanol–water partition coefficient (Wildman–Crippen LogP) is 3.73. The number of carbonyl (C=O) groups is 2. The number of hydrogen-bond acceptors (Lipinski definition) is 3. The maximum Gasteiger partial charge on any atom is 0.254 e. The molecule has 1 aromatic carbocycles. The van der Waals surface area contributed by atoms with Crippen molar-refractivity contribution in [2.45, 2.75) is 25.8 Å². The Morgan fingerprint density at radius 3 is 2.35 bits per heavy atom. The van der Waals surface area contributed by atoms with E-state index in [9.17, 15) is 9.59 Å². The van der Waals surface area contributed by atoms with Crippen LogP contribution >= 0.6 is 23.2 Å². The molecule has 0 atom stereocenters. The fourth-order valence-electron chi connectivity index (χ4n) is 3.09. The molecule has 1 aliphatic heterocycles. The highest BCUT2D eigenvalue weighted by Crippen LogP contribution is 2.19. The summed E-state index contributed by atoms with van der Waals surface area (Å²) in [6.45, 7) is 3.05.